The van der Waals surface area contributed by atoms with Gasteiger partial charge >= 0.3 is 5.97 Å². The van der Waals surface area contributed by atoms with Gasteiger partial charge in [0.25, 0.3) is 5.79 Å². The molecule has 2 saturated heterocycles. The van der Waals surface area contributed by atoms with Gasteiger partial charge in [0.15, 0.2) is 6.10 Å². The van der Waals surface area contributed by atoms with Crippen LogP contribution in [0.15, 0.2) is 0 Å². The average Bonchev–Trinajstić information content (AvgIpc) is 3.34. The summed E-state index contributed by atoms with van der Waals surface area (Å²) in [6.07, 6.45) is 16.2. The fourth-order valence-corrected chi connectivity index (χ4v) is 5.73. The second kappa shape index (κ2) is 17.8. The molecular formula is C30H57NO7. The van der Waals surface area contributed by atoms with Crippen molar-refractivity contribution in [3.8, 4) is 0 Å². The van der Waals surface area contributed by atoms with Crippen molar-refractivity contribution in [3.05, 3.63) is 0 Å². The van der Waals surface area contributed by atoms with Crippen LogP contribution in [0.5, 0.6) is 0 Å². The van der Waals surface area contributed by atoms with Gasteiger partial charge in [0.05, 0.1) is 12.7 Å². The minimum absolute atomic E-state index is 0.0477. The highest BCUT2D eigenvalue weighted by atomic mass is 16.7. The Morgan fingerprint density at radius 3 is 2.00 bits per heavy atom. The molecule has 5 atom stereocenters. The maximum atomic E-state index is 12.5. The van der Waals surface area contributed by atoms with Crippen molar-refractivity contribution < 1.29 is 34.3 Å². The number of rotatable bonds is 22. The molecule has 1 unspecified atom stereocenters. The van der Waals surface area contributed by atoms with Gasteiger partial charge in [0.1, 0.15) is 18.3 Å². The number of aliphatic hydroxyl groups is 3. The predicted octanol–water partition coefficient (Wildman–Crippen LogP) is 4.76. The molecular weight excluding hydrogens is 486 g/mol. The van der Waals surface area contributed by atoms with E-state index < -0.39 is 35.7 Å². The van der Waals surface area contributed by atoms with Crippen LogP contribution < -0.4 is 5.32 Å². The first-order valence-corrected chi connectivity index (χ1v) is 15.5. The summed E-state index contributed by atoms with van der Waals surface area (Å²) in [7, 11) is 0. The van der Waals surface area contributed by atoms with E-state index in [1.165, 1.54) is 77.0 Å². The molecule has 2 rings (SSSR count). The van der Waals surface area contributed by atoms with Crippen molar-refractivity contribution in [1.82, 2.24) is 5.32 Å². The Balaban J connectivity index is 1.57. The SMILES string of the molecule is CCCCCCCCCCCCCCCCCC(=O)O[C@]1(O)CO[C@]2(CC(O)CNC(C)C)[C@@H](O)CO[C@@H]21. The van der Waals surface area contributed by atoms with Crippen LogP contribution >= 0.6 is 0 Å². The Morgan fingerprint density at radius 1 is 0.947 bits per heavy atom. The normalized spacial score (nSPS) is 27.7. The highest BCUT2D eigenvalue weighted by Crippen LogP contribution is 2.46. The number of carbonyl (C=O) groups excluding carboxylic acids is 1. The van der Waals surface area contributed by atoms with E-state index in [-0.39, 0.29) is 32.1 Å². The summed E-state index contributed by atoms with van der Waals surface area (Å²) >= 11 is 0. The van der Waals surface area contributed by atoms with Gasteiger partial charge in [-0.3, -0.25) is 4.79 Å². The molecule has 2 heterocycles. The lowest BCUT2D eigenvalue weighted by atomic mass is 9.85. The number of fused-ring (bicyclic) bond motifs is 1. The average molecular weight is 544 g/mol. The third-order valence-corrected chi connectivity index (χ3v) is 7.98. The summed E-state index contributed by atoms with van der Waals surface area (Å²) < 4.78 is 16.9. The van der Waals surface area contributed by atoms with E-state index in [4.69, 9.17) is 14.2 Å². The summed E-state index contributed by atoms with van der Waals surface area (Å²) in [6, 6.07) is 0.199. The molecule has 8 heteroatoms. The van der Waals surface area contributed by atoms with Gasteiger partial charge in [-0.25, -0.2) is 0 Å². The molecule has 0 amide bonds. The van der Waals surface area contributed by atoms with Gasteiger partial charge in [0, 0.05) is 25.4 Å². The van der Waals surface area contributed by atoms with E-state index in [9.17, 15) is 20.1 Å². The van der Waals surface area contributed by atoms with E-state index in [1.807, 2.05) is 13.8 Å². The molecule has 2 fully saturated rings. The number of hydrogen-bond acceptors (Lipinski definition) is 8. The molecule has 38 heavy (non-hydrogen) atoms. The number of esters is 1. The lowest BCUT2D eigenvalue weighted by Crippen LogP contribution is -2.55. The van der Waals surface area contributed by atoms with Crippen LogP contribution in [0.3, 0.4) is 0 Å². The van der Waals surface area contributed by atoms with Crippen LogP contribution in [0, 0.1) is 0 Å². The van der Waals surface area contributed by atoms with Crippen LogP contribution in [-0.2, 0) is 19.0 Å². The van der Waals surface area contributed by atoms with Crippen molar-refractivity contribution in [2.45, 2.75) is 166 Å². The first kappa shape index (κ1) is 33.4. The lowest BCUT2D eigenvalue weighted by Gasteiger charge is -2.34. The highest BCUT2D eigenvalue weighted by Gasteiger charge is 2.68. The van der Waals surface area contributed by atoms with E-state index >= 15 is 0 Å². The van der Waals surface area contributed by atoms with Crippen molar-refractivity contribution in [1.29, 1.82) is 0 Å². The zero-order chi connectivity index (χ0) is 27.9. The monoisotopic (exact) mass is 543 g/mol. The molecule has 0 radical (unpaired) electrons. The fraction of sp³-hybridized carbons (Fsp3) is 0.967. The zero-order valence-corrected chi connectivity index (χ0v) is 24.4. The van der Waals surface area contributed by atoms with Gasteiger partial charge in [0.2, 0.25) is 0 Å². The Hall–Kier alpha value is -0.770. The molecule has 4 N–H and O–H groups in total. The quantitative estimate of drug-likeness (QED) is 0.0877. The fourth-order valence-electron chi connectivity index (χ4n) is 5.73. The molecule has 2 aliphatic rings. The Morgan fingerprint density at radius 2 is 1.47 bits per heavy atom. The van der Waals surface area contributed by atoms with Crippen LogP contribution in [0.2, 0.25) is 0 Å². The number of unbranched alkanes of at least 4 members (excludes halogenated alkanes) is 14. The summed E-state index contributed by atoms with van der Waals surface area (Å²) in [4.78, 5) is 12.5. The van der Waals surface area contributed by atoms with Crippen molar-refractivity contribution in [2.24, 2.45) is 0 Å². The van der Waals surface area contributed by atoms with E-state index in [0.29, 0.717) is 13.0 Å². The second-order valence-corrected chi connectivity index (χ2v) is 11.9. The summed E-state index contributed by atoms with van der Waals surface area (Å²) in [5.41, 5.74) is -1.30. The van der Waals surface area contributed by atoms with Crippen molar-refractivity contribution >= 4 is 5.97 Å². The van der Waals surface area contributed by atoms with Gasteiger partial charge in [-0.2, -0.15) is 0 Å². The molecule has 0 spiro atoms. The molecule has 8 nitrogen and oxygen atoms in total. The largest absolute Gasteiger partial charge is 0.428 e. The van der Waals surface area contributed by atoms with Gasteiger partial charge in [-0.1, -0.05) is 111 Å². The second-order valence-electron chi connectivity index (χ2n) is 11.9. The van der Waals surface area contributed by atoms with Gasteiger partial charge in [-0.15, -0.1) is 0 Å². The van der Waals surface area contributed by atoms with E-state index in [0.717, 1.165) is 12.8 Å². The molecule has 0 saturated carbocycles. The molecule has 0 aromatic heterocycles. The Labute approximate surface area is 231 Å². The zero-order valence-electron chi connectivity index (χ0n) is 24.4. The minimum atomic E-state index is -1.96. The van der Waals surface area contributed by atoms with Crippen LogP contribution in [0.25, 0.3) is 0 Å². The maximum Gasteiger partial charge on any atom is 0.308 e. The first-order valence-electron chi connectivity index (χ1n) is 15.5. The highest BCUT2D eigenvalue weighted by molar-refractivity contribution is 5.69. The van der Waals surface area contributed by atoms with Crippen molar-refractivity contribution in [2.75, 3.05) is 19.8 Å². The third kappa shape index (κ3) is 11.0. The van der Waals surface area contributed by atoms with E-state index in [1.54, 1.807) is 0 Å². The number of nitrogens with one attached hydrogen (secondary N) is 1. The summed E-state index contributed by atoms with van der Waals surface area (Å²) in [5.74, 6) is -2.46. The molecule has 0 bridgehead atoms. The topological polar surface area (TPSA) is 117 Å². The Bertz CT molecular complexity index is 648. The molecule has 224 valence electrons. The first-order chi connectivity index (χ1) is 18.2. The number of aliphatic hydroxyl groups excluding tert-OH is 2. The number of hydrogen-bond donors (Lipinski definition) is 4. The van der Waals surface area contributed by atoms with Crippen LogP contribution in [-0.4, -0.2) is 76.8 Å². The molecule has 2 aliphatic heterocycles. The van der Waals surface area contributed by atoms with Gasteiger partial charge < -0.3 is 34.8 Å². The van der Waals surface area contributed by atoms with Crippen LogP contribution in [0.1, 0.15) is 130 Å². The minimum Gasteiger partial charge on any atom is -0.428 e. The van der Waals surface area contributed by atoms with E-state index in [2.05, 4.69) is 12.2 Å². The number of ether oxygens (including phenoxy) is 3. The van der Waals surface area contributed by atoms with Gasteiger partial charge in [-0.05, 0) is 6.42 Å². The predicted molar refractivity (Wildman–Crippen MR) is 149 cm³/mol. The lowest BCUT2D eigenvalue weighted by molar-refractivity contribution is -0.238. The summed E-state index contributed by atoms with van der Waals surface area (Å²) in [5, 5.41) is 35.3. The molecule has 0 aliphatic carbocycles. The standard InChI is InChI=1S/C30H57NO7/c1-4-5-6-7-8-9-10-11-12-13-14-15-16-17-18-19-27(34)38-30(35)23-37-29(26(33)22-36-28(29)30)20-25(32)21-31-24(2)3/h24-26,28,31-33,35H,4-23H2,1-3H3/t25?,26-,28-,29+,30+/m0/s1. The third-order valence-electron chi connectivity index (χ3n) is 7.98. The maximum absolute atomic E-state index is 12.5. The summed E-state index contributed by atoms with van der Waals surface area (Å²) in [6.45, 7) is 6.20. The smallest absolute Gasteiger partial charge is 0.308 e. The Kier molecular flexibility index (Phi) is 15.7. The van der Waals surface area contributed by atoms with Crippen molar-refractivity contribution in [3.63, 3.8) is 0 Å². The number of carbonyl (C=O) groups is 1. The van der Waals surface area contributed by atoms with Crippen LogP contribution in [0.4, 0.5) is 0 Å². The molecule has 0 aromatic carbocycles. The molecule has 0 aromatic rings.